The zero-order valence-corrected chi connectivity index (χ0v) is 10.2. The van der Waals surface area contributed by atoms with E-state index in [1.807, 2.05) is 6.07 Å². The molecule has 0 radical (unpaired) electrons. The van der Waals surface area contributed by atoms with Gasteiger partial charge in [0.15, 0.2) is 0 Å². The van der Waals surface area contributed by atoms with E-state index >= 15 is 0 Å². The summed E-state index contributed by atoms with van der Waals surface area (Å²) in [6.45, 7) is 3.90. The van der Waals surface area contributed by atoms with Crippen LogP contribution in [0.1, 0.15) is 13.3 Å². The van der Waals surface area contributed by atoms with Crippen molar-refractivity contribution in [3.63, 3.8) is 0 Å². The summed E-state index contributed by atoms with van der Waals surface area (Å²) in [7, 11) is 0. The van der Waals surface area contributed by atoms with Crippen LogP contribution < -0.4 is 5.32 Å². The number of anilines is 1. The largest absolute Gasteiger partial charge is 0.378 e. The highest BCUT2D eigenvalue weighted by molar-refractivity contribution is 9.10. The fourth-order valence-corrected chi connectivity index (χ4v) is 2.02. The van der Waals surface area contributed by atoms with Crippen molar-refractivity contribution in [3.8, 4) is 0 Å². The molecule has 82 valence electrons. The lowest BCUT2D eigenvalue weighted by molar-refractivity contribution is 0.108. The summed E-state index contributed by atoms with van der Waals surface area (Å²) in [5.41, 5.74) is 0. The normalized spacial score (nSPS) is 25.5. The topological polar surface area (TPSA) is 47.0 Å². The van der Waals surface area contributed by atoms with Crippen LogP contribution in [0.4, 0.5) is 5.82 Å². The molecule has 0 spiro atoms. The van der Waals surface area contributed by atoms with Crippen molar-refractivity contribution in [2.75, 3.05) is 18.5 Å². The summed E-state index contributed by atoms with van der Waals surface area (Å²) in [6.07, 6.45) is 3.02. The minimum absolute atomic E-state index is 0.350. The van der Waals surface area contributed by atoms with Crippen LogP contribution >= 0.6 is 15.9 Å². The molecule has 4 nitrogen and oxygen atoms in total. The minimum atomic E-state index is 0.350. The number of halogens is 1. The zero-order valence-electron chi connectivity index (χ0n) is 8.61. The van der Waals surface area contributed by atoms with Gasteiger partial charge in [-0.25, -0.2) is 9.97 Å². The van der Waals surface area contributed by atoms with Gasteiger partial charge in [0.25, 0.3) is 0 Å². The SMILES string of the molecule is CC1OCCC1CNc1cc(Br)ncn1. The summed E-state index contributed by atoms with van der Waals surface area (Å²) < 4.78 is 6.30. The number of nitrogens with zero attached hydrogens (tertiary/aromatic N) is 2. The molecular formula is C10H14BrN3O. The molecule has 0 amide bonds. The number of hydrogen-bond acceptors (Lipinski definition) is 4. The maximum atomic E-state index is 5.50. The first kappa shape index (κ1) is 10.8. The lowest BCUT2D eigenvalue weighted by Gasteiger charge is -2.14. The van der Waals surface area contributed by atoms with Crippen LogP contribution in [0.2, 0.25) is 0 Å². The standard InChI is InChI=1S/C10H14BrN3O/c1-7-8(2-3-15-7)5-12-10-4-9(11)13-6-14-10/h4,6-8H,2-3,5H2,1H3,(H,12,13,14). The first-order valence-electron chi connectivity index (χ1n) is 5.09. The van der Waals surface area contributed by atoms with E-state index < -0.39 is 0 Å². The monoisotopic (exact) mass is 271 g/mol. The predicted molar refractivity (Wildman–Crippen MR) is 61.7 cm³/mol. The van der Waals surface area contributed by atoms with E-state index in [1.165, 1.54) is 0 Å². The highest BCUT2D eigenvalue weighted by Gasteiger charge is 2.23. The number of hydrogen-bond donors (Lipinski definition) is 1. The van der Waals surface area contributed by atoms with Crippen molar-refractivity contribution < 1.29 is 4.74 Å². The van der Waals surface area contributed by atoms with Crippen LogP contribution in [-0.2, 0) is 4.74 Å². The Hall–Kier alpha value is -0.680. The van der Waals surface area contributed by atoms with Gasteiger partial charge in [-0.1, -0.05) is 0 Å². The quantitative estimate of drug-likeness (QED) is 0.856. The van der Waals surface area contributed by atoms with Gasteiger partial charge >= 0.3 is 0 Å². The molecule has 1 aromatic rings. The van der Waals surface area contributed by atoms with Crippen LogP contribution in [0.25, 0.3) is 0 Å². The van der Waals surface area contributed by atoms with Gasteiger partial charge in [-0.3, -0.25) is 0 Å². The van der Waals surface area contributed by atoms with Gasteiger partial charge in [0.05, 0.1) is 6.10 Å². The van der Waals surface area contributed by atoms with Crippen LogP contribution in [-0.4, -0.2) is 29.2 Å². The first-order chi connectivity index (χ1) is 7.25. The number of nitrogens with one attached hydrogen (secondary N) is 1. The second-order valence-corrected chi connectivity index (χ2v) is 4.54. The van der Waals surface area contributed by atoms with E-state index in [0.29, 0.717) is 12.0 Å². The van der Waals surface area contributed by atoms with Crippen LogP contribution in [0.15, 0.2) is 17.0 Å². The Morgan fingerprint density at radius 3 is 3.13 bits per heavy atom. The average molecular weight is 272 g/mol. The van der Waals surface area contributed by atoms with Crippen LogP contribution in [0.3, 0.4) is 0 Å². The van der Waals surface area contributed by atoms with Gasteiger partial charge in [-0.15, -0.1) is 0 Å². The Morgan fingerprint density at radius 2 is 2.47 bits per heavy atom. The molecule has 2 atom stereocenters. The molecule has 15 heavy (non-hydrogen) atoms. The second-order valence-electron chi connectivity index (χ2n) is 3.73. The second kappa shape index (κ2) is 4.90. The van der Waals surface area contributed by atoms with Crippen molar-refractivity contribution in [1.29, 1.82) is 0 Å². The highest BCUT2D eigenvalue weighted by atomic mass is 79.9. The Balaban J connectivity index is 1.87. The number of ether oxygens (including phenoxy) is 1. The molecule has 2 heterocycles. The van der Waals surface area contributed by atoms with Crippen molar-refractivity contribution in [3.05, 3.63) is 17.0 Å². The summed E-state index contributed by atoms with van der Waals surface area (Å²) in [6, 6.07) is 1.88. The fourth-order valence-electron chi connectivity index (χ4n) is 1.71. The maximum absolute atomic E-state index is 5.50. The molecule has 2 unspecified atom stereocenters. The summed E-state index contributed by atoms with van der Waals surface area (Å²) in [4.78, 5) is 8.11. The molecule has 1 saturated heterocycles. The van der Waals surface area contributed by atoms with Gasteiger partial charge in [-0.2, -0.15) is 0 Å². The molecule has 0 aromatic carbocycles. The third kappa shape index (κ3) is 2.89. The van der Waals surface area contributed by atoms with E-state index in [2.05, 4.69) is 38.1 Å². The zero-order chi connectivity index (χ0) is 10.7. The van der Waals surface area contributed by atoms with Crippen molar-refractivity contribution in [2.45, 2.75) is 19.4 Å². The van der Waals surface area contributed by atoms with Gasteiger partial charge in [-0.05, 0) is 29.3 Å². The van der Waals surface area contributed by atoms with E-state index in [9.17, 15) is 0 Å². The van der Waals surface area contributed by atoms with Gasteiger partial charge in [0.2, 0.25) is 0 Å². The van der Waals surface area contributed by atoms with E-state index in [1.54, 1.807) is 6.33 Å². The molecule has 0 aliphatic carbocycles. The fraction of sp³-hybridized carbons (Fsp3) is 0.600. The van der Waals surface area contributed by atoms with Crippen molar-refractivity contribution >= 4 is 21.7 Å². The van der Waals surface area contributed by atoms with E-state index in [0.717, 1.165) is 30.0 Å². The van der Waals surface area contributed by atoms with Crippen LogP contribution in [0, 0.1) is 5.92 Å². The summed E-state index contributed by atoms with van der Waals surface area (Å²) in [5, 5.41) is 3.30. The first-order valence-corrected chi connectivity index (χ1v) is 5.88. The molecule has 1 aliphatic rings. The average Bonchev–Trinajstić information content (AvgIpc) is 2.61. The molecule has 1 fully saturated rings. The Labute approximate surface area is 97.6 Å². The molecule has 1 aromatic heterocycles. The number of aromatic nitrogens is 2. The van der Waals surface area contributed by atoms with Gasteiger partial charge in [0.1, 0.15) is 16.7 Å². The van der Waals surface area contributed by atoms with E-state index in [-0.39, 0.29) is 0 Å². The Morgan fingerprint density at radius 1 is 1.60 bits per heavy atom. The lowest BCUT2D eigenvalue weighted by atomic mass is 10.0. The third-order valence-electron chi connectivity index (χ3n) is 2.71. The molecule has 1 aliphatic heterocycles. The molecule has 2 rings (SSSR count). The van der Waals surface area contributed by atoms with Crippen LogP contribution in [0.5, 0.6) is 0 Å². The Kier molecular flexibility index (Phi) is 3.53. The maximum Gasteiger partial charge on any atom is 0.130 e. The molecule has 0 bridgehead atoms. The molecule has 1 N–H and O–H groups in total. The molecule has 0 saturated carbocycles. The van der Waals surface area contributed by atoms with E-state index in [4.69, 9.17) is 4.74 Å². The van der Waals surface area contributed by atoms with Gasteiger partial charge < -0.3 is 10.1 Å². The molecular weight excluding hydrogens is 258 g/mol. The van der Waals surface area contributed by atoms with Gasteiger partial charge in [0, 0.05) is 25.1 Å². The highest BCUT2D eigenvalue weighted by Crippen LogP contribution is 2.20. The lowest BCUT2D eigenvalue weighted by Crippen LogP contribution is -2.21. The predicted octanol–water partition coefficient (Wildman–Crippen LogP) is 2.08. The minimum Gasteiger partial charge on any atom is -0.378 e. The van der Waals surface area contributed by atoms with Crippen molar-refractivity contribution in [2.24, 2.45) is 5.92 Å². The number of rotatable bonds is 3. The van der Waals surface area contributed by atoms with Crippen molar-refractivity contribution in [1.82, 2.24) is 9.97 Å². The Bertz CT molecular complexity index is 334. The summed E-state index contributed by atoms with van der Waals surface area (Å²) in [5.74, 6) is 1.44. The smallest absolute Gasteiger partial charge is 0.130 e. The molecule has 5 heteroatoms. The third-order valence-corrected chi connectivity index (χ3v) is 3.15. The summed E-state index contributed by atoms with van der Waals surface area (Å²) >= 11 is 3.31.